The first-order valence-corrected chi connectivity index (χ1v) is 9.53. The maximum Gasteiger partial charge on any atom is 0.433 e. The van der Waals surface area contributed by atoms with Gasteiger partial charge in [0.25, 0.3) is 0 Å². The van der Waals surface area contributed by atoms with Gasteiger partial charge in [-0.1, -0.05) is 18.2 Å². The Hall–Kier alpha value is -3.55. The van der Waals surface area contributed by atoms with Crippen molar-refractivity contribution in [3.8, 4) is 11.1 Å². The monoisotopic (exact) mass is 426 g/mol. The normalized spacial score (nSPS) is 12.7. The molecule has 8 heteroatoms. The Kier molecular flexibility index (Phi) is 5.31. The molecule has 4 aromatic rings. The molecule has 2 heterocycles. The average Bonchev–Trinajstić information content (AvgIpc) is 2.74. The Morgan fingerprint density at radius 1 is 0.903 bits per heavy atom. The van der Waals surface area contributed by atoms with Crippen LogP contribution >= 0.6 is 0 Å². The summed E-state index contributed by atoms with van der Waals surface area (Å²) in [6.07, 6.45) is -1.83. The summed E-state index contributed by atoms with van der Waals surface area (Å²) in [6, 6.07) is 12.1. The molecule has 31 heavy (non-hydrogen) atoms. The van der Waals surface area contributed by atoms with Crippen LogP contribution in [0.25, 0.3) is 22.0 Å². The fraction of sp³-hybridized carbons (Fsp3) is 0.174. The minimum Gasteiger partial charge on any atom is -0.363 e. The summed E-state index contributed by atoms with van der Waals surface area (Å²) in [7, 11) is 0. The first kappa shape index (κ1) is 20.7. The van der Waals surface area contributed by atoms with E-state index in [1.165, 1.54) is 30.7 Å². The van der Waals surface area contributed by atoms with Crippen LogP contribution in [-0.2, 0) is 6.18 Å². The van der Waals surface area contributed by atoms with E-state index in [4.69, 9.17) is 0 Å². The highest BCUT2D eigenvalue weighted by Gasteiger charge is 2.32. The van der Waals surface area contributed by atoms with Crippen LogP contribution in [0.15, 0.2) is 61.1 Å². The second-order valence-electron chi connectivity index (χ2n) is 7.26. The number of nitrogens with one attached hydrogen (secondary N) is 1. The molecule has 0 radical (unpaired) electrons. The molecular weight excluding hydrogens is 408 g/mol. The number of rotatable bonds is 4. The largest absolute Gasteiger partial charge is 0.433 e. The summed E-state index contributed by atoms with van der Waals surface area (Å²) in [5.41, 5.74) is 3.06. The zero-order valence-electron chi connectivity index (χ0n) is 16.7. The van der Waals surface area contributed by atoms with Gasteiger partial charge in [-0.2, -0.15) is 13.2 Å². The summed E-state index contributed by atoms with van der Waals surface area (Å²) >= 11 is 0. The molecule has 0 saturated carbocycles. The van der Waals surface area contributed by atoms with E-state index < -0.39 is 11.9 Å². The molecule has 0 amide bonds. The molecule has 0 fully saturated rings. The van der Waals surface area contributed by atoms with Crippen molar-refractivity contribution in [2.75, 3.05) is 5.32 Å². The number of pyridine rings is 1. The number of aryl methyl sites for hydroxylation is 1. The molecule has 1 atom stereocenters. The highest BCUT2D eigenvalue weighted by Crippen LogP contribution is 2.32. The predicted octanol–water partition coefficient (Wildman–Crippen LogP) is 6.33. The van der Waals surface area contributed by atoms with Crippen molar-refractivity contribution in [1.82, 2.24) is 15.0 Å². The second-order valence-corrected chi connectivity index (χ2v) is 7.26. The van der Waals surface area contributed by atoms with Crippen LogP contribution in [0.1, 0.15) is 29.8 Å². The van der Waals surface area contributed by atoms with Crippen molar-refractivity contribution < 1.29 is 17.6 Å². The van der Waals surface area contributed by atoms with Gasteiger partial charge >= 0.3 is 6.18 Å². The van der Waals surface area contributed by atoms with Gasteiger partial charge in [0.05, 0.1) is 11.6 Å². The molecule has 1 N–H and O–H groups in total. The highest BCUT2D eigenvalue weighted by molar-refractivity contribution is 5.94. The number of hydrogen-bond acceptors (Lipinski definition) is 4. The van der Waals surface area contributed by atoms with Gasteiger partial charge in [-0.3, -0.25) is 4.98 Å². The summed E-state index contributed by atoms with van der Waals surface area (Å²) in [5.74, 6) is 0.232. The lowest BCUT2D eigenvalue weighted by Crippen LogP contribution is -2.12. The molecule has 2 aromatic heterocycles. The predicted molar refractivity (Wildman–Crippen MR) is 111 cm³/mol. The minimum atomic E-state index is -4.48. The van der Waals surface area contributed by atoms with Gasteiger partial charge in [-0.05, 0) is 66.4 Å². The Labute approximate surface area is 176 Å². The van der Waals surface area contributed by atoms with Gasteiger partial charge in [0.1, 0.15) is 23.7 Å². The van der Waals surface area contributed by atoms with E-state index in [0.29, 0.717) is 11.4 Å². The zero-order chi connectivity index (χ0) is 22.2. The van der Waals surface area contributed by atoms with Gasteiger partial charge in [-0.25, -0.2) is 14.4 Å². The van der Waals surface area contributed by atoms with Crippen molar-refractivity contribution in [1.29, 1.82) is 0 Å². The van der Waals surface area contributed by atoms with Crippen molar-refractivity contribution in [3.63, 3.8) is 0 Å². The maximum atomic E-state index is 13.3. The SMILES string of the molecule is Cc1cc(-c2ccc(F)cc2)cc2c(N[C@H](C)c3ccc(C(F)(F)F)nc3)ncnc12. The van der Waals surface area contributed by atoms with E-state index in [2.05, 4.69) is 20.3 Å². The van der Waals surface area contributed by atoms with Crippen molar-refractivity contribution >= 4 is 16.7 Å². The lowest BCUT2D eigenvalue weighted by Gasteiger charge is -2.17. The van der Waals surface area contributed by atoms with Crippen molar-refractivity contribution in [2.45, 2.75) is 26.1 Å². The summed E-state index contributed by atoms with van der Waals surface area (Å²) < 4.78 is 51.6. The quantitative estimate of drug-likeness (QED) is 0.388. The van der Waals surface area contributed by atoms with Crippen LogP contribution in [0.2, 0.25) is 0 Å². The van der Waals surface area contributed by atoms with E-state index in [1.54, 1.807) is 12.1 Å². The molecule has 158 valence electrons. The average molecular weight is 426 g/mol. The van der Waals surface area contributed by atoms with E-state index in [9.17, 15) is 17.6 Å². The van der Waals surface area contributed by atoms with Gasteiger partial charge in [-0.15, -0.1) is 0 Å². The Bertz CT molecular complexity index is 1220. The minimum absolute atomic E-state index is 0.314. The number of alkyl halides is 3. The molecule has 0 saturated heterocycles. The van der Waals surface area contributed by atoms with Crippen LogP contribution in [0.4, 0.5) is 23.4 Å². The third-order valence-electron chi connectivity index (χ3n) is 5.04. The first-order valence-electron chi connectivity index (χ1n) is 9.53. The number of halogens is 4. The van der Waals surface area contributed by atoms with E-state index >= 15 is 0 Å². The van der Waals surface area contributed by atoms with E-state index in [0.717, 1.165) is 33.7 Å². The molecule has 0 aliphatic heterocycles. The van der Waals surface area contributed by atoms with Gasteiger partial charge < -0.3 is 5.32 Å². The molecule has 0 spiro atoms. The summed E-state index contributed by atoms with van der Waals surface area (Å²) in [4.78, 5) is 12.2. The van der Waals surface area contributed by atoms with Crippen LogP contribution < -0.4 is 5.32 Å². The van der Waals surface area contributed by atoms with Crippen LogP contribution in [0.3, 0.4) is 0 Å². The zero-order valence-corrected chi connectivity index (χ0v) is 16.7. The number of hydrogen-bond donors (Lipinski definition) is 1. The number of fused-ring (bicyclic) bond motifs is 1. The molecule has 0 unspecified atom stereocenters. The van der Waals surface area contributed by atoms with E-state index in [-0.39, 0.29) is 11.9 Å². The maximum absolute atomic E-state index is 13.3. The first-order chi connectivity index (χ1) is 14.7. The fourth-order valence-corrected chi connectivity index (χ4v) is 3.39. The van der Waals surface area contributed by atoms with Crippen LogP contribution in [-0.4, -0.2) is 15.0 Å². The third-order valence-corrected chi connectivity index (χ3v) is 5.04. The number of nitrogens with zero attached hydrogens (tertiary/aromatic N) is 3. The number of anilines is 1. The van der Waals surface area contributed by atoms with E-state index in [1.807, 2.05) is 26.0 Å². The Morgan fingerprint density at radius 3 is 2.29 bits per heavy atom. The molecule has 4 rings (SSSR count). The highest BCUT2D eigenvalue weighted by atomic mass is 19.4. The molecule has 4 nitrogen and oxygen atoms in total. The lowest BCUT2D eigenvalue weighted by atomic mass is 10.00. The number of benzene rings is 2. The summed E-state index contributed by atoms with van der Waals surface area (Å²) in [6.45, 7) is 3.74. The molecular formula is C23H18F4N4. The third kappa shape index (κ3) is 4.33. The van der Waals surface area contributed by atoms with Gasteiger partial charge in [0, 0.05) is 11.6 Å². The van der Waals surface area contributed by atoms with Gasteiger partial charge in [0.2, 0.25) is 0 Å². The standard InChI is InChI=1S/C23H18F4N4/c1-13-9-17(15-3-6-18(24)7-4-15)10-19-21(13)29-12-30-22(19)31-14(2)16-5-8-20(28-11-16)23(25,26)27/h3-12,14H,1-2H3,(H,29,30,31)/t14-/m1/s1. The lowest BCUT2D eigenvalue weighted by molar-refractivity contribution is -0.141. The van der Waals surface area contributed by atoms with Crippen molar-refractivity contribution in [3.05, 3.63) is 83.7 Å². The Morgan fingerprint density at radius 2 is 1.65 bits per heavy atom. The second kappa shape index (κ2) is 7.94. The van der Waals surface area contributed by atoms with Crippen LogP contribution in [0.5, 0.6) is 0 Å². The van der Waals surface area contributed by atoms with Crippen LogP contribution in [0, 0.1) is 12.7 Å². The topological polar surface area (TPSA) is 50.7 Å². The van der Waals surface area contributed by atoms with Crippen molar-refractivity contribution in [2.24, 2.45) is 0 Å². The molecule has 0 bridgehead atoms. The fourth-order valence-electron chi connectivity index (χ4n) is 3.39. The Balaban J connectivity index is 1.69. The smallest absolute Gasteiger partial charge is 0.363 e. The molecule has 2 aromatic carbocycles. The molecule has 0 aliphatic rings. The summed E-state index contributed by atoms with van der Waals surface area (Å²) in [5, 5.41) is 4.00. The van der Waals surface area contributed by atoms with Gasteiger partial charge in [0.15, 0.2) is 0 Å². The number of aromatic nitrogens is 3. The molecule has 0 aliphatic carbocycles.